The Morgan fingerprint density at radius 1 is 1.04 bits per heavy atom. The lowest BCUT2D eigenvalue weighted by molar-refractivity contribution is 0.600. The van der Waals surface area contributed by atoms with Crippen LogP contribution < -0.4 is 10.3 Å². The zero-order valence-electron chi connectivity index (χ0n) is 14.5. The first kappa shape index (κ1) is 17.9. The number of rotatable bonds is 5. The van der Waals surface area contributed by atoms with Crippen LogP contribution in [0.5, 0.6) is 0 Å². The van der Waals surface area contributed by atoms with E-state index in [1.807, 2.05) is 31.2 Å². The monoisotopic (exact) mass is 369 g/mol. The topological polar surface area (TPSA) is 91.9 Å². The Morgan fingerprint density at radius 3 is 2.42 bits per heavy atom. The van der Waals surface area contributed by atoms with Gasteiger partial charge in [0.2, 0.25) is 5.95 Å². The summed E-state index contributed by atoms with van der Waals surface area (Å²) in [4.78, 5) is 19.3. The van der Waals surface area contributed by atoms with E-state index < -0.39 is 10.0 Å². The van der Waals surface area contributed by atoms with Crippen LogP contribution in [-0.2, 0) is 16.4 Å². The molecule has 0 bridgehead atoms. The van der Waals surface area contributed by atoms with Crippen molar-refractivity contribution in [2.24, 2.45) is 0 Å². The molecule has 0 aliphatic rings. The standard InChI is InChI=1S/C19H19N3O3S/c1-13-7-6-8-15(11-13)12-17-14(2)20-19(21-18(17)23)22-26(24,25)16-9-4-3-5-10-16/h3-11H,12H2,1-2H3,(H2,20,21,22,23). The number of aryl methyl sites for hydroxylation is 2. The van der Waals surface area contributed by atoms with Gasteiger partial charge in [0.25, 0.3) is 15.6 Å². The summed E-state index contributed by atoms with van der Waals surface area (Å²) in [5.74, 6) is -0.0932. The fourth-order valence-corrected chi connectivity index (χ4v) is 3.66. The Kier molecular flexibility index (Phi) is 4.90. The van der Waals surface area contributed by atoms with Gasteiger partial charge in [-0.2, -0.15) is 0 Å². The second-order valence-electron chi connectivity index (χ2n) is 6.06. The molecule has 3 rings (SSSR count). The molecule has 2 N–H and O–H groups in total. The Bertz CT molecular complexity index is 1090. The first-order valence-corrected chi connectivity index (χ1v) is 9.57. The summed E-state index contributed by atoms with van der Waals surface area (Å²) in [5, 5.41) is 0. The van der Waals surface area contributed by atoms with Crippen molar-refractivity contribution >= 4 is 16.0 Å². The van der Waals surface area contributed by atoms with Gasteiger partial charge in [-0.15, -0.1) is 0 Å². The summed E-state index contributed by atoms with van der Waals surface area (Å²) >= 11 is 0. The molecule has 0 atom stereocenters. The molecule has 1 aromatic heterocycles. The molecule has 26 heavy (non-hydrogen) atoms. The molecule has 6 nitrogen and oxygen atoms in total. The van der Waals surface area contributed by atoms with Crippen molar-refractivity contribution in [1.82, 2.24) is 9.97 Å². The number of H-pyrrole nitrogens is 1. The Balaban J connectivity index is 1.89. The number of anilines is 1. The van der Waals surface area contributed by atoms with Crippen molar-refractivity contribution in [3.05, 3.63) is 87.3 Å². The van der Waals surface area contributed by atoms with E-state index in [0.717, 1.165) is 11.1 Å². The van der Waals surface area contributed by atoms with Gasteiger partial charge in [0.05, 0.1) is 10.6 Å². The first-order valence-electron chi connectivity index (χ1n) is 8.08. The molecule has 0 fully saturated rings. The number of sulfonamides is 1. The predicted molar refractivity (Wildman–Crippen MR) is 101 cm³/mol. The van der Waals surface area contributed by atoms with Gasteiger partial charge in [0.15, 0.2) is 0 Å². The minimum absolute atomic E-state index is 0.0932. The van der Waals surface area contributed by atoms with Crippen LogP contribution in [0.4, 0.5) is 5.95 Å². The van der Waals surface area contributed by atoms with Crippen LogP contribution in [-0.4, -0.2) is 18.4 Å². The maximum Gasteiger partial charge on any atom is 0.264 e. The number of nitrogens with one attached hydrogen (secondary N) is 2. The summed E-state index contributed by atoms with van der Waals surface area (Å²) in [7, 11) is -3.81. The maximum absolute atomic E-state index is 12.4. The van der Waals surface area contributed by atoms with E-state index in [-0.39, 0.29) is 16.4 Å². The third-order valence-electron chi connectivity index (χ3n) is 3.97. The van der Waals surface area contributed by atoms with Crippen LogP contribution in [0.15, 0.2) is 64.3 Å². The molecule has 1 heterocycles. The van der Waals surface area contributed by atoms with Gasteiger partial charge in [-0.1, -0.05) is 48.0 Å². The lowest BCUT2D eigenvalue weighted by atomic mass is 10.0. The number of aromatic amines is 1. The highest BCUT2D eigenvalue weighted by Gasteiger charge is 2.16. The molecule has 3 aromatic rings. The zero-order chi connectivity index (χ0) is 18.7. The first-order chi connectivity index (χ1) is 12.3. The van der Waals surface area contributed by atoms with E-state index in [4.69, 9.17) is 0 Å². The minimum Gasteiger partial charge on any atom is -0.292 e. The third kappa shape index (κ3) is 4.00. The van der Waals surface area contributed by atoms with Crippen LogP contribution in [0.2, 0.25) is 0 Å². The number of nitrogens with zero attached hydrogens (tertiary/aromatic N) is 1. The second-order valence-corrected chi connectivity index (χ2v) is 7.75. The van der Waals surface area contributed by atoms with E-state index in [1.54, 1.807) is 25.1 Å². The lowest BCUT2D eigenvalue weighted by Gasteiger charge is -2.10. The van der Waals surface area contributed by atoms with Crippen molar-refractivity contribution in [1.29, 1.82) is 0 Å². The minimum atomic E-state index is -3.81. The van der Waals surface area contributed by atoms with Gasteiger partial charge in [-0.25, -0.2) is 18.1 Å². The van der Waals surface area contributed by atoms with Crippen LogP contribution >= 0.6 is 0 Å². The quantitative estimate of drug-likeness (QED) is 0.723. The SMILES string of the molecule is Cc1cccc(Cc2c(C)nc(NS(=O)(=O)c3ccccc3)[nH]c2=O)c1. The molecule has 0 saturated heterocycles. The highest BCUT2D eigenvalue weighted by molar-refractivity contribution is 7.92. The average molecular weight is 369 g/mol. The molecule has 0 spiro atoms. The fourth-order valence-electron chi connectivity index (χ4n) is 2.68. The van der Waals surface area contributed by atoms with Gasteiger partial charge >= 0.3 is 0 Å². The van der Waals surface area contributed by atoms with Crippen LogP contribution in [0.3, 0.4) is 0 Å². The van der Waals surface area contributed by atoms with Gasteiger partial charge in [0, 0.05) is 12.0 Å². The molecule has 0 amide bonds. The maximum atomic E-state index is 12.4. The largest absolute Gasteiger partial charge is 0.292 e. The van der Waals surface area contributed by atoms with E-state index in [1.165, 1.54) is 12.1 Å². The lowest BCUT2D eigenvalue weighted by Crippen LogP contribution is -2.22. The molecule has 2 aromatic carbocycles. The summed E-state index contributed by atoms with van der Waals surface area (Å²) in [5.41, 5.74) is 2.75. The number of benzene rings is 2. The molecule has 0 aliphatic heterocycles. The van der Waals surface area contributed by atoms with Crippen LogP contribution in [0, 0.1) is 13.8 Å². The Labute approximate surface area is 152 Å². The molecule has 0 radical (unpaired) electrons. The number of hydrogen-bond donors (Lipinski definition) is 2. The van der Waals surface area contributed by atoms with Gasteiger partial charge in [-0.3, -0.25) is 9.78 Å². The highest BCUT2D eigenvalue weighted by Crippen LogP contribution is 2.14. The number of hydrogen-bond acceptors (Lipinski definition) is 4. The van der Waals surface area contributed by atoms with Crippen LogP contribution in [0.1, 0.15) is 22.4 Å². The zero-order valence-corrected chi connectivity index (χ0v) is 15.3. The summed E-state index contributed by atoms with van der Waals surface area (Å²) in [6.07, 6.45) is 0.432. The summed E-state index contributed by atoms with van der Waals surface area (Å²) in [6, 6.07) is 15.8. The smallest absolute Gasteiger partial charge is 0.264 e. The molecule has 0 unspecified atom stereocenters. The normalized spacial score (nSPS) is 11.3. The molecule has 134 valence electrons. The molecular weight excluding hydrogens is 350 g/mol. The van der Waals surface area contributed by atoms with Gasteiger partial charge in [-0.05, 0) is 31.5 Å². The van der Waals surface area contributed by atoms with Gasteiger partial charge in [0.1, 0.15) is 0 Å². The van der Waals surface area contributed by atoms with E-state index in [9.17, 15) is 13.2 Å². The Hall–Kier alpha value is -2.93. The molecular formula is C19H19N3O3S. The van der Waals surface area contributed by atoms with E-state index in [0.29, 0.717) is 17.7 Å². The van der Waals surface area contributed by atoms with Crippen molar-refractivity contribution in [3.63, 3.8) is 0 Å². The summed E-state index contributed by atoms with van der Waals surface area (Å²) in [6.45, 7) is 3.68. The van der Waals surface area contributed by atoms with Crippen molar-refractivity contribution < 1.29 is 8.42 Å². The van der Waals surface area contributed by atoms with Crippen LogP contribution in [0.25, 0.3) is 0 Å². The number of aromatic nitrogens is 2. The average Bonchev–Trinajstić information content (AvgIpc) is 2.59. The van der Waals surface area contributed by atoms with Crippen molar-refractivity contribution in [2.75, 3.05) is 4.72 Å². The highest BCUT2D eigenvalue weighted by atomic mass is 32.2. The Morgan fingerprint density at radius 2 is 1.77 bits per heavy atom. The van der Waals surface area contributed by atoms with E-state index >= 15 is 0 Å². The third-order valence-corrected chi connectivity index (χ3v) is 5.33. The van der Waals surface area contributed by atoms with E-state index in [2.05, 4.69) is 14.7 Å². The van der Waals surface area contributed by atoms with Gasteiger partial charge < -0.3 is 0 Å². The summed E-state index contributed by atoms with van der Waals surface area (Å²) < 4.78 is 27.1. The molecule has 0 aliphatic carbocycles. The molecule has 7 heteroatoms. The van der Waals surface area contributed by atoms with Crippen molar-refractivity contribution in [3.8, 4) is 0 Å². The van der Waals surface area contributed by atoms with Crippen molar-refractivity contribution in [2.45, 2.75) is 25.2 Å². The fraction of sp³-hybridized carbons (Fsp3) is 0.158. The molecule has 0 saturated carbocycles. The predicted octanol–water partition coefficient (Wildman–Crippen LogP) is 2.78. The second kappa shape index (κ2) is 7.13.